The molecule has 1 rings (SSSR count). The van der Waals surface area contributed by atoms with Gasteiger partial charge in [-0.15, -0.1) is 0 Å². The number of hydrogen-bond acceptors (Lipinski definition) is 7. The van der Waals surface area contributed by atoms with Crippen molar-refractivity contribution in [2.45, 2.75) is 50.2 Å². The number of nitrogens with zero attached hydrogens (tertiary/aromatic N) is 1. The molecule has 11 heteroatoms. The van der Waals surface area contributed by atoms with Gasteiger partial charge in [0.25, 0.3) is 0 Å². The van der Waals surface area contributed by atoms with E-state index in [1.165, 1.54) is 18.9 Å². The maximum Gasteiger partial charge on any atom is 0.508 e. The fourth-order valence-electron chi connectivity index (χ4n) is 2.61. The van der Waals surface area contributed by atoms with Crippen molar-refractivity contribution in [2.75, 3.05) is 20.3 Å². The predicted octanol–water partition coefficient (Wildman–Crippen LogP) is 3.58. The third-order valence-electron chi connectivity index (χ3n) is 3.81. The molecule has 1 heterocycles. The van der Waals surface area contributed by atoms with Crippen molar-refractivity contribution in [3.05, 3.63) is 11.3 Å². The number of esters is 1. The highest BCUT2D eigenvalue weighted by Gasteiger charge is 2.55. The van der Waals surface area contributed by atoms with Gasteiger partial charge >= 0.3 is 12.1 Å². The summed E-state index contributed by atoms with van der Waals surface area (Å²) in [5.41, 5.74) is 0.676. The Balaban J connectivity index is 2.94. The van der Waals surface area contributed by atoms with Gasteiger partial charge in [0.05, 0.1) is 7.11 Å². The maximum absolute atomic E-state index is 12.8. The second kappa shape index (κ2) is 10.5. The molecular formula is C17H24Cl3NO7. The Hall–Kier alpha value is -1.22. The predicted molar refractivity (Wildman–Crippen MR) is 103 cm³/mol. The van der Waals surface area contributed by atoms with Crippen LogP contribution < -0.4 is 0 Å². The highest BCUT2D eigenvalue weighted by atomic mass is 35.6. The average Bonchev–Trinajstić information content (AvgIpc) is 2.59. The zero-order valence-corrected chi connectivity index (χ0v) is 18.6. The molecule has 0 spiro atoms. The van der Waals surface area contributed by atoms with Gasteiger partial charge < -0.3 is 18.9 Å². The molecule has 0 aromatic carbocycles. The number of halogens is 3. The van der Waals surface area contributed by atoms with Crippen molar-refractivity contribution in [3.8, 4) is 0 Å². The van der Waals surface area contributed by atoms with Crippen LogP contribution in [0.5, 0.6) is 0 Å². The lowest BCUT2D eigenvalue weighted by Crippen LogP contribution is -2.66. The summed E-state index contributed by atoms with van der Waals surface area (Å²) >= 11 is 16.5. The molecule has 1 aliphatic rings. The summed E-state index contributed by atoms with van der Waals surface area (Å²) in [6.07, 6.45) is -2.10. The third kappa shape index (κ3) is 6.40. The zero-order valence-electron chi connectivity index (χ0n) is 16.3. The topological polar surface area (TPSA) is 91.4 Å². The van der Waals surface area contributed by atoms with Crippen LogP contribution in [0.4, 0.5) is 4.79 Å². The largest absolute Gasteiger partial charge is 0.508 e. The molecule has 1 aliphatic heterocycles. The molecule has 0 saturated carbocycles. The quantitative estimate of drug-likeness (QED) is 0.237. The van der Waals surface area contributed by atoms with Crippen LogP contribution in [0.1, 0.15) is 34.1 Å². The number of amides is 1. The van der Waals surface area contributed by atoms with E-state index in [-0.39, 0.29) is 5.70 Å². The number of ether oxygens (including phenoxy) is 4. The van der Waals surface area contributed by atoms with Gasteiger partial charge in [-0.2, -0.15) is 0 Å². The normalized spacial score (nSPS) is 20.1. The summed E-state index contributed by atoms with van der Waals surface area (Å²) in [5.74, 6) is -1.93. The fraction of sp³-hybridized carbons (Fsp3) is 0.706. The number of carbonyl (C=O) groups is 3. The second-order valence-corrected chi connectivity index (χ2v) is 8.83. The Kier molecular flexibility index (Phi) is 9.33. The van der Waals surface area contributed by atoms with E-state index in [2.05, 4.69) is 0 Å². The van der Waals surface area contributed by atoms with Crippen molar-refractivity contribution in [2.24, 2.45) is 5.92 Å². The summed E-state index contributed by atoms with van der Waals surface area (Å²) in [7, 11) is 1.22. The lowest BCUT2D eigenvalue weighted by atomic mass is 9.89. The van der Waals surface area contributed by atoms with Gasteiger partial charge in [0.15, 0.2) is 6.23 Å². The Bertz CT molecular complexity index is 629. The first-order valence-corrected chi connectivity index (χ1v) is 9.68. The lowest BCUT2D eigenvalue weighted by molar-refractivity contribution is -0.201. The van der Waals surface area contributed by atoms with E-state index in [4.69, 9.17) is 53.8 Å². The summed E-state index contributed by atoms with van der Waals surface area (Å²) in [5, 5.41) is 0. The van der Waals surface area contributed by atoms with Crippen molar-refractivity contribution in [1.82, 2.24) is 4.90 Å². The van der Waals surface area contributed by atoms with Crippen molar-refractivity contribution < 1.29 is 33.3 Å². The van der Waals surface area contributed by atoms with Crippen LogP contribution in [0.15, 0.2) is 11.3 Å². The molecule has 1 unspecified atom stereocenters. The maximum atomic E-state index is 12.8. The number of β-lactam (4-membered cyclic amide) rings is 1. The van der Waals surface area contributed by atoms with Gasteiger partial charge in [-0.1, -0.05) is 41.7 Å². The molecular weight excluding hydrogens is 437 g/mol. The molecule has 1 saturated heterocycles. The summed E-state index contributed by atoms with van der Waals surface area (Å²) in [4.78, 5) is 37.9. The minimum Gasteiger partial charge on any atom is -0.464 e. The van der Waals surface area contributed by atoms with E-state index in [9.17, 15) is 14.4 Å². The van der Waals surface area contributed by atoms with Crippen LogP contribution in [0.25, 0.3) is 0 Å². The van der Waals surface area contributed by atoms with E-state index >= 15 is 0 Å². The molecule has 0 aromatic heterocycles. The van der Waals surface area contributed by atoms with Crippen molar-refractivity contribution in [1.29, 1.82) is 0 Å². The van der Waals surface area contributed by atoms with Crippen LogP contribution in [0.3, 0.4) is 0 Å². The summed E-state index contributed by atoms with van der Waals surface area (Å²) in [6.45, 7) is 6.60. The molecule has 28 heavy (non-hydrogen) atoms. The number of alkyl halides is 3. The number of carbonyl (C=O) groups excluding carboxylic acids is 3. The molecule has 8 nitrogen and oxygen atoms in total. The fourth-order valence-corrected chi connectivity index (χ4v) is 2.78. The lowest BCUT2D eigenvalue weighted by Gasteiger charge is -2.48. The van der Waals surface area contributed by atoms with Gasteiger partial charge in [0.1, 0.15) is 24.3 Å². The summed E-state index contributed by atoms with van der Waals surface area (Å²) in [6, 6.07) is 0. The standard InChI is InChI=1S/C17H24Cl3NO7/c1-6-7-26-14-11(10(4)28-16(24)27-8-17(18,19)20)13(22)21(14)12(9(2)3)15(23)25-5/h10-11,14H,6-8H2,1-5H3/t10?,11-,14+/m0/s1. The van der Waals surface area contributed by atoms with E-state index in [1.807, 2.05) is 6.92 Å². The zero-order chi connectivity index (χ0) is 21.6. The van der Waals surface area contributed by atoms with Crippen molar-refractivity contribution in [3.63, 3.8) is 0 Å². The third-order valence-corrected chi connectivity index (χ3v) is 4.14. The number of likely N-dealkylation sites (tertiary alicyclic amines) is 1. The number of hydrogen-bond donors (Lipinski definition) is 0. The SMILES string of the molecule is CCCO[C@@H]1[C@@H](C(C)OC(=O)OCC(Cl)(Cl)Cl)C(=O)N1C(C(=O)OC)=C(C)C. The van der Waals surface area contributed by atoms with E-state index in [0.29, 0.717) is 18.6 Å². The van der Waals surface area contributed by atoms with Crippen LogP contribution in [0, 0.1) is 5.92 Å². The molecule has 0 bridgehead atoms. The molecule has 0 aliphatic carbocycles. The first-order valence-electron chi connectivity index (χ1n) is 8.55. The van der Waals surface area contributed by atoms with Crippen LogP contribution >= 0.6 is 34.8 Å². The highest BCUT2D eigenvalue weighted by Crippen LogP contribution is 2.37. The first kappa shape index (κ1) is 24.8. The molecule has 3 atom stereocenters. The van der Waals surface area contributed by atoms with Gasteiger partial charge in [0, 0.05) is 6.61 Å². The Morgan fingerprint density at radius 3 is 2.32 bits per heavy atom. The second-order valence-electron chi connectivity index (χ2n) is 6.31. The highest BCUT2D eigenvalue weighted by molar-refractivity contribution is 6.67. The molecule has 160 valence electrons. The number of allylic oxidation sites excluding steroid dienone is 1. The van der Waals surface area contributed by atoms with Gasteiger partial charge in [-0.25, -0.2) is 9.59 Å². The minimum atomic E-state index is -1.78. The van der Waals surface area contributed by atoms with Crippen LogP contribution in [-0.4, -0.2) is 59.4 Å². The monoisotopic (exact) mass is 459 g/mol. The molecule has 0 aromatic rings. The number of rotatable bonds is 8. The van der Waals surface area contributed by atoms with E-state index in [1.54, 1.807) is 13.8 Å². The smallest absolute Gasteiger partial charge is 0.464 e. The van der Waals surface area contributed by atoms with Crippen molar-refractivity contribution >= 4 is 52.8 Å². The van der Waals surface area contributed by atoms with Crippen LogP contribution in [0.2, 0.25) is 0 Å². The van der Waals surface area contributed by atoms with E-state index < -0.39 is 46.7 Å². The molecule has 1 fully saturated rings. The minimum absolute atomic E-state index is 0.0934. The Labute approximate surface area is 178 Å². The summed E-state index contributed by atoms with van der Waals surface area (Å²) < 4.78 is 18.5. The first-order chi connectivity index (χ1) is 12.9. The molecule has 0 radical (unpaired) electrons. The number of methoxy groups -OCH3 is 1. The van der Waals surface area contributed by atoms with Gasteiger partial charge in [0.2, 0.25) is 9.70 Å². The van der Waals surface area contributed by atoms with E-state index in [0.717, 1.165) is 0 Å². The van der Waals surface area contributed by atoms with Crippen LogP contribution in [-0.2, 0) is 28.5 Å². The average molecular weight is 461 g/mol. The van der Waals surface area contributed by atoms with Gasteiger partial charge in [-0.3, -0.25) is 9.69 Å². The van der Waals surface area contributed by atoms with Gasteiger partial charge in [-0.05, 0) is 32.8 Å². The molecule has 0 N–H and O–H groups in total. The molecule has 1 amide bonds. The Morgan fingerprint density at radius 2 is 1.86 bits per heavy atom. The Morgan fingerprint density at radius 1 is 1.25 bits per heavy atom.